The summed E-state index contributed by atoms with van der Waals surface area (Å²) in [5, 5.41) is 0. The second-order valence-electron chi connectivity index (χ2n) is 7.11. The predicted molar refractivity (Wildman–Crippen MR) is 96.9 cm³/mol. The van der Waals surface area contributed by atoms with Gasteiger partial charge in [-0.15, -0.1) is 0 Å². The molecule has 1 aliphatic carbocycles. The van der Waals surface area contributed by atoms with Gasteiger partial charge < -0.3 is 14.5 Å². The van der Waals surface area contributed by atoms with Crippen molar-refractivity contribution in [3.05, 3.63) is 28.8 Å². The van der Waals surface area contributed by atoms with Crippen LogP contribution in [0.15, 0.2) is 12.1 Å². The number of carbonyl (C=O) groups is 2. The van der Waals surface area contributed by atoms with Crippen LogP contribution in [0, 0.1) is 19.8 Å². The van der Waals surface area contributed by atoms with Crippen LogP contribution in [0.3, 0.4) is 0 Å². The van der Waals surface area contributed by atoms with Gasteiger partial charge in [0.05, 0.1) is 6.61 Å². The third-order valence-electron chi connectivity index (χ3n) is 5.07. The zero-order valence-electron chi connectivity index (χ0n) is 15.5. The number of hydrogen-bond acceptors (Lipinski definition) is 3. The summed E-state index contributed by atoms with van der Waals surface area (Å²) in [7, 11) is 0. The number of ether oxygens (including phenoxy) is 1. The summed E-state index contributed by atoms with van der Waals surface area (Å²) in [6.45, 7) is 9.23. The van der Waals surface area contributed by atoms with Gasteiger partial charge in [0.25, 0.3) is 5.91 Å². The zero-order valence-corrected chi connectivity index (χ0v) is 15.5. The lowest BCUT2D eigenvalue weighted by Crippen LogP contribution is -2.38. The van der Waals surface area contributed by atoms with E-state index in [4.69, 9.17) is 4.74 Å². The summed E-state index contributed by atoms with van der Waals surface area (Å²) >= 11 is 0. The molecule has 5 nitrogen and oxygen atoms in total. The molecule has 1 heterocycles. The van der Waals surface area contributed by atoms with Gasteiger partial charge in [0.1, 0.15) is 5.75 Å². The molecule has 2 fully saturated rings. The Morgan fingerprint density at radius 3 is 2.40 bits per heavy atom. The molecule has 1 aromatic rings. The van der Waals surface area contributed by atoms with Gasteiger partial charge in [0.2, 0.25) is 5.91 Å². The average Bonchev–Trinajstić information content (AvgIpc) is 3.43. The van der Waals surface area contributed by atoms with Crippen molar-refractivity contribution in [2.45, 2.75) is 40.0 Å². The molecule has 1 saturated carbocycles. The standard InChI is InChI=1S/C20H28N2O3/c1-4-25-18-13-14(2)17(12-15(18)3)20(24)22-9-5-8-21(10-11-22)19(23)16-6-7-16/h12-13,16H,4-11H2,1-3H3. The summed E-state index contributed by atoms with van der Waals surface area (Å²) in [6.07, 6.45) is 2.91. The van der Waals surface area contributed by atoms with E-state index in [2.05, 4.69) is 0 Å². The third kappa shape index (κ3) is 3.97. The zero-order chi connectivity index (χ0) is 18.0. The lowest BCUT2D eigenvalue weighted by molar-refractivity contribution is -0.132. The van der Waals surface area contributed by atoms with Gasteiger partial charge in [-0.3, -0.25) is 9.59 Å². The van der Waals surface area contributed by atoms with Crippen LogP contribution in [-0.4, -0.2) is 54.4 Å². The molecule has 2 aliphatic rings. The fourth-order valence-electron chi connectivity index (χ4n) is 3.43. The van der Waals surface area contributed by atoms with E-state index in [-0.39, 0.29) is 17.7 Å². The topological polar surface area (TPSA) is 49.9 Å². The van der Waals surface area contributed by atoms with Crippen LogP contribution in [0.1, 0.15) is 47.7 Å². The largest absolute Gasteiger partial charge is 0.494 e. The van der Waals surface area contributed by atoms with E-state index in [9.17, 15) is 9.59 Å². The lowest BCUT2D eigenvalue weighted by Gasteiger charge is -2.23. The molecule has 136 valence electrons. The lowest BCUT2D eigenvalue weighted by atomic mass is 10.0. The van der Waals surface area contributed by atoms with E-state index in [1.54, 1.807) is 0 Å². The average molecular weight is 344 g/mol. The molecule has 5 heteroatoms. The van der Waals surface area contributed by atoms with Gasteiger partial charge in [0, 0.05) is 37.7 Å². The SMILES string of the molecule is CCOc1cc(C)c(C(=O)N2CCCN(C(=O)C3CC3)CC2)cc1C. The van der Waals surface area contributed by atoms with E-state index in [1.165, 1.54) is 0 Å². The van der Waals surface area contributed by atoms with Crippen LogP contribution in [0.4, 0.5) is 0 Å². The van der Waals surface area contributed by atoms with Gasteiger partial charge in [-0.25, -0.2) is 0 Å². The van der Waals surface area contributed by atoms with Gasteiger partial charge in [0.15, 0.2) is 0 Å². The number of aryl methyl sites for hydroxylation is 2. The van der Waals surface area contributed by atoms with Crippen LogP contribution in [0.5, 0.6) is 5.75 Å². The van der Waals surface area contributed by atoms with Crippen LogP contribution < -0.4 is 4.74 Å². The Labute approximate surface area is 149 Å². The Kier molecular flexibility index (Phi) is 5.30. The van der Waals surface area contributed by atoms with Crippen molar-refractivity contribution in [2.24, 2.45) is 5.92 Å². The summed E-state index contributed by atoms with van der Waals surface area (Å²) in [5.41, 5.74) is 2.66. The van der Waals surface area contributed by atoms with Gasteiger partial charge >= 0.3 is 0 Å². The molecule has 1 aromatic carbocycles. The molecule has 1 aliphatic heterocycles. The number of carbonyl (C=O) groups excluding carboxylic acids is 2. The van der Waals surface area contributed by atoms with E-state index in [0.29, 0.717) is 26.2 Å². The summed E-state index contributed by atoms with van der Waals surface area (Å²) < 4.78 is 5.62. The summed E-state index contributed by atoms with van der Waals surface area (Å²) in [5.74, 6) is 1.43. The van der Waals surface area contributed by atoms with Gasteiger partial charge in [-0.1, -0.05) is 0 Å². The molecule has 0 bridgehead atoms. The maximum atomic E-state index is 13.0. The number of amides is 2. The highest BCUT2D eigenvalue weighted by molar-refractivity contribution is 5.96. The Morgan fingerprint density at radius 2 is 1.72 bits per heavy atom. The Morgan fingerprint density at radius 1 is 1.04 bits per heavy atom. The van der Waals surface area contributed by atoms with E-state index < -0.39 is 0 Å². The summed E-state index contributed by atoms with van der Waals surface area (Å²) in [4.78, 5) is 29.1. The normalized spacial score (nSPS) is 18.0. The van der Waals surface area contributed by atoms with Crippen molar-refractivity contribution in [3.63, 3.8) is 0 Å². The Balaban J connectivity index is 1.70. The minimum absolute atomic E-state index is 0.0596. The molecule has 3 rings (SSSR count). The van der Waals surface area contributed by atoms with Crippen molar-refractivity contribution >= 4 is 11.8 Å². The maximum Gasteiger partial charge on any atom is 0.254 e. The number of nitrogens with zero attached hydrogens (tertiary/aromatic N) is 2. The maximum absolute atomic E-state index is 13.0. The molecular formula is C20H28N2O3. The monoisotopic (exact) mass is 344 g/mol. The molecule has 2 amide bonds. The molecule has 0 radical (unpaired) electrons. The van der Waals surface area contributed by atoms with E-state index >= 15 is 0 Å². The minimum Gasteiger partial charge on any atom is -0.494 e. The highest BCUT2D eigenvalue weighted by Gasteiger charge is 2.34. The van der Waals surface area contributed by atoms with Crippen LogP contribution in [-0.2, 0) is 4.79 Å². The van der Waals surface area contributed by atoms with Crippen molar-refractivity contribution in [2.75, 3.05) is 32.8 Å². The predicted octanol–water partition coefficient (Wildman–Crippen LogP) is 2.79. The minimum atomic E-state index is 0.0596. The Hall–Kier alpha value is -2.04. The highest BCUT2D eigenvalue weighted by atomic mass is 16.5. The molecule has 1 saturated heterocycles. The molecule has 0 unspecified atom stereocenters. The first kappa shape index (κ1) is 17.8. The van der Waals surface area contributed by atoms with Gasteiger partial charge in [-0.05, 0) is 63.3 Å². The van der Waals surface area contributed by atoms with E-state index in [0.717, 1.165) is 48.2 Å². The summed E-state index contributed by atoms with van der Waals surface area (Å²) in [6, 6.07) is 3.88. The molecule has 0 N–H and O–H groups in total. The molecular weight excluding hydrogens is 316 g/mol. The van der Waals surface area contributed by atoms with Crippen molar-refractivity contribution in [1.82, 2.24) is 9.80 Å². The van der Waals surface area contributed by atoms with Crippen LogP contribution >= 0.6 is 0 Å². The third-order valence-corrected chi connectivity index (χ3v) is 5.07. The van der Waals surface area contributed by atoms with Gasteiger partial charge in [-0.2, -0.15) is 0 Å². The second-order valence-corrected chi connectivity index (χ2v) is 7.11. The quantitative estimate of drug-likeness (QED) is 0.844. The molecule has 25 heavy (non-hydrogen) atoms. The number of rotatable bonds is 4. The molecule has 0 atom stereocenters. The molecule has 0 aromatic heterocycles. The number of hydrogen-bond donors (Lipinski definition) is 0. The second kappa shape index (κ2) is 7.46. The first-order valence-electron chi connectivity index (χ1n) is 9.33. The molecule has 0 spiro atoms. The van der Waals surface area contributed by atoms with E-state index in [1.807, 2.05) is 42.7 Å². The van der Waals surface area contributed by atoms with Crippen molar-refractivity contribution < 1.29 is 14.3 Å². The Bertz CT molecular complexity index is 667. The van der Waals surface area contributed by atoms with Crippen LogP contribution in [0.2, 0.25) is 0 Å². The number of benzene rings is 1. The van der Waals surface area contributed by atoms with Crippen molar-refractivity contribution in [1.29, 1.82) is 0 Å². The smallest absolute Gasteiger partial charge is 0.254 e. The first-order chi connectivity index (χ1) is 12.0. The highest BCUT2D eigenvalue weighted by Crippen LogP contribution is 2.31. The first-order valence-corrected chi connectivity index (χ1v) is 9.33. The fourth-order valence-corrected chi connectivity index (χ4v) is 3.43. The fraction of sp³-hybridized carbons (Fsp3) is 0.600. The van der Waals surface area contributed by atoms with Crippen LogP contribution in [0.25, 0.3) is 0 Å². The van der Waals surface area contributed by atoms with Crippen molar-refractivity contribution in [3.8, 4) is 5.75 Å².